The Balaban J connectivity index is 1.92. The number of aryl methyl sites for hydroxylation is 1. The lowest BCUT2D eigenvalue weighted by molar-refractivity contribution is 0.202. The second-order valence-electron chi connectivity index (χ2n) is 4.99. The number of pyridine rings is 1. The van der Waals surface area contributed by atoms with Gasteiger partial charge in [-0.3, -0.25) is 0 Å². The average molecular weight is 266 g/mol. The summed E-state index contributed by atoms with van der Waals surface area (Å²) in [6.07, 6.45) is 5.05. The molecule has 0 aliphatic carbocycles. The Kier molecular flexibility index (Phi) is 3.52. The van der Waals surface area contributed by atoms with Crippen LogP contribution in [-0.4, -0.2) is 23.1 Å². The van der Waals surface area contributed by atoms with Crippen molar-refractivity contribution in [2.45, 2.75) is 13.3 Å². The van der Waals surface area contributed by atoms with E-state index in [4.69, 9.17) is 9.72 Å². The van der Waals surface area contributed by atoms with E-state index in [1.54, 1.807) is 7.11 Å². The molecular formula is C17H18N2O. The van der Waals surface area contributed by atoms with E-state index in [1.807, 2.05) is 12.3 Å². The molecule has 102 valence electrons. The molecule has 0 fully saturated rings. The Morgan fingerprint density at radius 3 is 2.65 bits per heavy atom. The van der Waals surface area contributed by atoms with Gasteiger partial charge in [0.15, 0.2) is 0 Å². The molecule has 1 aromatic carbocycles. The van der Waals surface area contributed by atoms with Crippen molar-refractivity contribution < 1.29 is 4.74 Å². The van der Waals surface area contributed by atoms with Crippen LogP contribution >= 0.6 is 0 Å². The largest absolute Gasteiger partial charge is 0.384 e. The van der Waals surface area contributed by atoms with E-state index in [2.05, 4.69) is 47.9 Å². The molecule has 0 aliphatic heterocycles. The average Bonchev–Trinajstić information content (AvgIpc) is 2.91. The molecule has 0 saturated carbocycles. The number of rotatable bonds is 4. The highest BCUT2D eigenvalue weighted by Crippen LogP contribution is 2.21. The molecule has 0 saturated heterocycles. The summed E-state index contributed by atoms with van der Waals surface area (Å²) in [5, 5.41) is 0. The third-order valence-electron chi connectivity index (χ3n) is 3.52. The van der Waals surface area contributed by atoms with Crippen molar-refractivity contribution in [1.29, 1.82) is 0 Å². The molecule has 0 aliphatic rings. The molecule has 3 nitrogen and oxygen atoms in total. The summed E-state index contributed by atoms with van der Waals surface area (Å²) in [5.41, 5.74) is 5.66. The summed E-state index contributed by atoms with van der Waals surface area (Å²) in [5.74, 6) is 0. The second-order valence-corrected chi connectivity index (χ2v) is 4.99. The van der Waals surface area contributed by atoms with Crippen molar-refractivity contribution in [2.75, 3.05) is 13.7 Å². The summed E-state index contributed by atoms with van der Waals surface area (Å²) in [6.45, 7) is 2.84. The molecule has 3 heteroatoms. The number of ether oxygens (including phenoxy) is 1. The number of imidazole rings is 1. The van der Waals surface area contributed by atoms with Gasteiger partial charge in [0.1, 0.15) is 5.65 Å². The highest BCUT2D eigenvalue weighted by molar-refractivity contribution is 5.64. The number of methoxy groups -OCH3 is 1. The van der Waals surface area contributed by atoms with Gasteiger partial charge >= 0.3 is 0 Å². The zero-order valence-electron chi connectivity index (χ0n) is 11.8. The van der Waals surface area contributed by atoms with Crippen LogP contribution in [0.4, 0.5) is 0 Å². The molecule has 0 atom stereocenters. The number of hydrogen-bond donors (Lipinski definition) is 0. The SMILES string of the molecule is COCCc1ccc(-c2cn3cccc(C)c3n2)cc1. The highest BCUT2D eigenvalue weighted by atomic mass is 16.5. The Bertz CT molecular complexity index is 713. The molecule has 0 unspecified atom stereocenters. The first-order valence-electron chi connectivity index (χ1n) is 6.80. The monoisotopic (exact) mass is 266 g/mol. The van der Waals surface area contributed by atoms with Gasteiger partial charge in [0.05, 0.1) is 12.3 Å². The number of aromatic nitrogens is 2. The van der Waals surface area contributed by atoms with E-state index in [-0.39, 0.29) is 0 Å². The summed E-state index contributed by atoms with van der Waals surface area (Å²) >= 11 is 0. The predicted octanol–water partition coefficient (Wildman–Crippen LogP) is 3.50. The van der Waals surface area contributed by atoms with Crippen molar-refractivity contribution >= 4 is 5.65 Å². The third kappa shape index (κ3) is 2.45. The Labute approximate surface area is 118 Å². The maximum Gasteiger partial charge on any atom is 0.140 e. The van der Waals surface area contributed by atoms with Crippen LogP contribution in [0.3, 0.4) is 0 Å². The lowest BCUT2D eigenvalue weighted by Crippen LogP contribution is -1.93. The van der Waals surface area contributed by atoms with Gasteiger partial charge in [-0.25, -0.2) is 4.98 Å². The molecule has 3 rings (SSSR count). The molecule has 0 bridgehead atoms. The topological polar surface area (TPSA) is 26.5 Å². The molecule has 0 spiro atoms. The van der Waals surface area contributed by atoms with E-state index in [0.717, 1.165) is 29.9 Å². The maximum absolute atomic E-state index is 5.10. The number of nitrogens with zero attached hydrogens (tertiary/aromatic N) is 2. The molecular weight excluding hydrogens is 248 g/mol. The van der Waals surface area contributed by atoms with Gasteiger partial charge < -0.3 is 9.14 Å². The Morgan fingerprint density at radius 1 is 1.15 bits per heavy atom. The van der Waals surface area contributed by atoms with E-state index in [9.17, 15) is 0 Å². The van der Waals surface area contributed by atoms with Crippen molar-refractivity contribution in [3.05, 3.63) is 59.9 Å². The lowest BCUT2D eigenvalue weighted by atomic mass is 10.1. The fourth-order valence-corrected chi connectivity index (χ4v) is 2.35. The fraction of sp³-hybridized carbons (Fsp3) is 0.235. The number of benzene rings is 1. The zero-order chi connectivity index (χ0) is 13.9. The van der Waals surface area contributed by atoms with Crippen LogP contribution in [0.15, 0.2) is 48.8 Å². The second kappa shape index (κ2) is 5.47. The highest BCUT2D eigenvalue weighted by Gasteiger charge is 2.05. The predicted molar refractivity (Wildman–Crippen MR) is 80.9 cm³/mol. The van der Waals surface area contributed by atoms with Gasteiger partial charge in [-0.15, -0.1) is 0 Å². The molecule has 20 heavy (non-hydrogen) atoms. The first-order valence-corrected chi connectivity index (χ1v) is 6.80. The minimum absolute atomic E-state index is 0.757. The summed E-state index contributed by atoms with van der Waals surface area (Å²) in [4.78, 5) is 4.71. The van der Waals surface area contributed by atoms with Gasteiger partial charge in [0, 0.05) is 25.1 Å². The third-order valence-corrected chi connectivity index (χ3v) is 3.52. The van der Waals surface area contributed by atoms with Crippen LogP contribution in [0.1, 0.15) is 11.1 Å². The summed E-state index contributed by atoms with van der Waals surface area (Å²) < 4.78 is 7.17. The summed E-state index contributed by atoms with van der Waals surface area (Å²) in [6, 6.07) is 12.7. The standard InChI is InChI=1S/C17H18N2O/c1-13-4-3-10-19-12-16(18-17(13)19)15-7-5-14(6-8-15)9-11-20-2/h3-8,10,12H,9,11H2,1-2H3. The van der Waals surface area contributed by atoms with Gasteiger partial charge in [-0.05, 0) is 30.5 Å². The minimum atomic E-state index is 0.757. The van der Waals surface area contributed by atoms with Crippen molar-refractivity contribution in [3.63, 3.8) is 0 Å². The van der Waals surface area contributed by atoms with E-state index in [0.29, 0.717) is 0 Å². The van der Waals surface area contributed by atoms with E-state index >= 15 is 0 Å². The van der Waals surface area contributed by atoms with Crippen molar-refractivity contribution in [3.8, 4) is 11.3 Å². The fourth-order valence-electron chi connectivity index (χ4n) is 2.35. The normalized spacial score (nSPS) is 11.1. The first kappa shape index (κ1) is 12.9. The summed E-state index contributed by atoms with van der Waals surface area (Å²) in [7, 11) is 1.73. The van der Waals surface area contributed by atoms with Crippen LogP contribution < -0.4 is 0 Å². The molecule has 2 aromatic heterocycles. The van der Waals surface area contributed by atoms with E-state index in [1.165, 1.54) is 11.1 Å². The Morgan fingerprint density at radius 2 is 1.95 bits per heavy atom. The van der Waals surface area contributed by atoms with Gasteiger partial charge in [-0.1, -0.05) is 30.3 Å². The molecule has 0 amide bonds. The maximum atomic E-state index is 5.10. The van der Waals surface area contributed by atoms with Crippen LogP contribution in [-0.2, 0) is 11.2 Å². The number of hydrogen-bond acceptors (Lipinski definition) is 2. The van der Waals surface area contributed by atoms with Gasteiger partial charge in [0.2, 0.25) is 0 Å². The van der Waals surface area contributed by atoms with Gasteiger partial charge in [0.25, 0.3) is 0 Å². The molecule has 0 N–H and O–H groups in total. The number of fused-ring (bicyclic) bond motifs is 1. The smallest absolute Gasteiger partial charge is 0.140 e. The minimum Gasteiger partial charge on any atom is -0.384 e. The molecule has 0 radical (unpaired) electrons. The van der Waals surface area contributed by atoms with Crippen LogP contribution in [0, 0.1) is 6.92 Å². The van der Waals surface area contributed by atoms with Gasteiger partial charge in [-0.2, -0.15) is 0 Å². The van der Waals surface area contributed by atoms with Crippen molar-refractivity contribution in [2.24, 2.45) is 0 Å². The first-order chi connectivity index (χ1) is 9.78. The van der Waals surface area contributed by atoms with Crippen LogP contribution in [0.2, 0.25) is 0 Å². The van der Waals surface area contributed by atoms with Crippen LogP contribution in [0.5, 0.6) is 0 Å². The molecule has 3 aromatic rings. The Hall–Kier alpha value is -2.13. The zero-order valence-corrected chi connectivity index (χ0v) is 11.8. The quantitative estimate of drug-likeness (QED) is 0.722. The van der Waals surface area contributed by atoms with E-state index < -0.39 is 0 Å². The molecule has 2 heterocycles. The van der Waals surface area contributed by atoms with Crippen LogP contribution in [0.25, 0.3) is 16.9 Å². The lowest BCUT2D eigenvalue weighted by Gasteiger charge is -2.01. The van der Waals surface area contributed by atoms with Crippen molar-refractivity contribution in [1.82, 2.24) is 9.38 Å².